The molecule has 3 aromatic rings. The number of anilines is 4. The van der Waals surface area contributed by atoms with E-state index in [0.717, 1.165) is 4.90 Å². The summed E-state index contributed by atoms with van der Waals surface area (Å²) in [6.07, 6.45) is -0.137. The molecule has 1 aromatic carbocycles. The van der Waals surface area contributed by atoms with E-state index in [1.54, 1.807) is 12.1 Å². The zero-order valence-electron chi connectivity index (χ0n) is 19.8. The highest BCUT2D eigenvalue weighted by atomic mass is 35.5. The number of nitrogens with one attached hydrogen (secondary N) is 2. The van der Waals surface area contributed by atoms with Gasteiger partial charge in [-0.05, 0) is 24.3 Å². The highest BCUT2D eigenvalue weighted by Gasteiger charge is 2.36. The lowest BCUT2D eigenvalue weighted by Gasteiger charge is -2.31. The van der Waals surface area contributed by atoms with Gasteiger partial charge < -0.3 is 21.5 Å². The van der Waals surface area contributed by atoms with Gasteiger partial charge in [0, 0.05) is 29.7 Å². The number of amides is 3. The lowest BCUT2D eigenvalue weighted by molar-refractivity contribution is -0.384. The van der Waals surface area contributed by atoms with Crippen molar-refractivity contribution in [3.05, 3.63) is 56.7 Å². The first-order valence-electron chi connectivity index (χ1n) is 11.1. The number of nitro groups is 1. The highest BCUT2D eigenvalue weighted by molar-refractivity contribution is 6.36. The summed E-state index contributed by atoms with van der Waals surface area (Å²) in [5, 5.41) is 26.5. The van der Waals surface area contributed by atoms with Crippen molar-refractivity contribution in [3.63, 3.8) is 0 Å². The molecule has 0 saturated carbocycles. The minimum atomic E-state index is -1.40. The number of carboxylic acid groups (broad SMARTS) is 1. The predicted octanol–water partition coefficient (Wildman–Crippen LogP) is 2.71. The molecule has 0 bridgehead atoms. The molecule has 3 heterocycles. The van der Waals surface area contributed by atoms with Gasteiger partial charge in [0.2, 0.25) is 11.8 Å². The fourth-order valence-corrected chi connectivity index (χ4v) is 4.15. The van der Waals surface area contributed by atoms with E-state index in [-0.39, 0.29) is 40.4 Å². The normalized spacial score (nSPS) is 13.4. The summed E-state index contributed by atoms with van der Waals surface area (Å²) in [5.74, 6) is -1.33. The van der Waals surface area contributed by atoms with Gasteiger partial charge in [0.1, 0.15) is 24.6 Å². The zero-order valence-corrected chi connectivity index (χ0v) is 21.3. The molecular formula is C22H19Cl2N9O6. The molecule has 1 saturated heterocycles. The number of piperazine rings is 1. The second-order valence-corrected chi connectivity index (χ2v) is 8.87. The summed E-state index contributed by atoms with van der Waals surface area (Å²) in [6, 6.07) is 7.24. The van der Waals surface area contributed by atoms with Crippen molar-refractivity contribution in [2.75, 3.05) is 47.4 Å². The molecule has 0 atom stereocenters. The minimum absolute atomic E-state index is 0.0218. The van der Waals surface area contributed by atoms with Crippen LogP contribution in [0.15, 0.2) is 36.5 Å². The molecule has 1 aliphatic rings. The molecule has 202 valence electrons. The molecule has 17 heteroatoms. The second kappa shape index (κ2) is 11.3. The van der Waals surface area contributed by atoms with Crippen molar-refractivity contribution in [2.24, 2.45) is 0 Å². The Labute approximate surface area is 229 Å². The Hall–Kier alpha value is -4.76. The van der Waals surface area contributed by atoms with Gasteiger partial charge in [0.15, 0.2) is 0 Å². The SMILES string of the molecule is Nc1nc(NCCNc2ncc(N3C(=O)CN(C(=O)O)CC3=O)c(-c3ccc(Cl)cc3Cl)n2)ccc1[N+](=O)[O-]. The highest BCUT2D eigenvalue weighted by Crippen LogP contribution is 2.36. The van der Waals surface area contributed by atoms with Crippen LogP contribution in [-0.4, -0.2) is 74.0 Å². The minimum Gasteiger partial charge on any atom is -0.465 e. The summed E-state index contributed by atoms with van der Waals surface area (Å²) >= 11 is 12.4. The topological polar surface area (TPSA) is 210 Å². The number of carbonyl (C=O) groups is 3. The fraction of sp³-hybridized carbons (Fsp3) is 0.182. The van der Waals surface area contributed by atoms with Gasteiger partial charge in [0.25, 0.3) is 11.8 Å². The van der Waals surface area contributed by atoms with Gasteiger partial charge in [-0.2, -0.15) is 0 Å². The average Bonchev–Trinajstić information content (AvgIpc) is 2.86. The third-order valence-electron chi connectivity index (χ3n) is 5.43. The van der Waals surface area contributed by atoms with Gasteiger partial charge >= 0.3 is 11.8 Å². The average molecular weight is 576 g/mol. The van der Waals surface area contributed by atoms with E-state index in [4.69, 9.17) is 28.9 Å². The summed E-state index contributed by atoms with van der Waals surface area (Å²) in [7, 11) is 0. The number of imide groups is 1. The van der Waals surface area contributed by atoms with Gasteiger partial charge in [0.05, 0.1) is 21.8 Å². The number of hydrogen-bond acceptors (Lipinski definition) is 11. The number of pyridine rings is 1. The lowest BCUT2D eigenvalue weighted by Crippen LogP contribution is -2.55. The van der Waals surface area contributed by atoms with Crippen LogP contribution in [0.1, 0.15) is 0 Å². The third-order valence-corrected chi connectivity index (χ3v) is 5.98. The lowest BCUT2D eigenvalue weighted by atomic mass is 10.1. The molecule has 2 aromatic heterocycles. The number of aromatic nitrogens is 3. The molecule has 39 heavy (non-hydrogen) atoms. The quantitative estimate of drug-likeness (QED) is 0.132. The Morgan fingerprint density at radius 1 is 1.10 bits per heavy atom. The number of benzene rings is 1. The van der Waals surface area contributed by atoms with Crippen LogP contribution in [0.25, 0.3) is 11.3 Å². The summed E-state index contributed by atoms with van der Waals surface area (Å²) in [4.78, 5) is 61.2. The largest absolute Gasteiger partial charge is 0.465 e. The molecule has 1 aliphatic heterocycles. The fourth-order valence-electron chi connectivity index (χ4n) is 3.66. The molecule has 0 unspecified atom stereocenters. The van der Waals surface area contributed by atoms with Crippen molar-refractivity contribution in [1.29, 1.82) is 0 Å². The van der Waals surface area contributed by atoms with Crippen molar-refractivity contribution in [3.8, 4) is 11.3 Å². The number of carbonyl (C=O) groups excluding carboxylic acids is 2. The molecule has 0 aliphatic carbocycles. The van der Waals surface area contributed by atoms with Crippen molar-refractivity contribution in [2.45, 2.75) is 0 Å². The Kier molecular flexibility index (Phi) is 7.92. The number of hydrogen-bond donors (Lipinski definition) is 4. The van der Waals surface area contributed by atoms with Crippen LogP contribution in [0, 0.1) is 10.1 Å². The van der Waals surface area contributed by atoms with Crippen molar-refractivity contribution >= 4 is 70.1 Å². The van der Waals surface area contributed by atoms with E-state index in [1.165, 1.54) is 24.4 Å². The van der Waals surface area contributed by atoms with Crippen LogP contribution in [0.4, 0.5) is 33.8 Å². The maximum atomic E-state index is 12.8. The first-order chi connectivity index (χ1) is 18.5. The Morgan fingerprint density at radius 3 is 2.41 bits per heavy atom. The Morgan fingerprint density at radius 2 is 1.79 bits per heavy atom. The van der Waals surface area contributed by atoms with Crippen LogP contribution in [0.3, 0.4) is 0 Å². The van der Waals surface area contributed by atoms with Gasteiger partial charge in [-0.25, -0.2) is 24.6 Å². The summed E-state index contributed by atoms with van der Waals surface area (Å²) in [6.45, 7) is -0.495. The van der Waals surface area contributed by atoms with E-state index in [9.17, 15) is 29.6 Å². The summed E-state index contributed by atoms with van der Waals surface area (Å²) in [5.41, 5.74) is 5.81. The molecule has 1 fully saturated rings. The molecule has 15 nitrogen and oxygen atoms in total. The monoisotopic (exact) mass is 575 g/mol. The van der Waals surface area contributed by atoms with Crippen LogP contribution in [0.5, 0.6) is 0 Å². The molecule has 5 N–H and O–H groups in total. The maximum absolute atomic E-state index is 12.8. The van der Waals surface area contributed by atoms with E-state index < -0.39 is 35.9 Å². The van der Waals surface area contributed by atoms with E-state index in [1.807, 2.05) is 0 Å². The smallest absolute Gasteiger partial charge is 0.408 e. The molecular weight excluding hydrogens is 557 g/mol. The number of halogens is 2. The molecule has 0 spiro atoms. The maximum Gasteiger partial charge on any atom is 0.408 e. The first kappa shape index (κ1) is 27.3. The Bertz CT molecular complexity index is 1470. The van der Waals surface area contributed by atoms with Crippen molar-refractivity contribution in [1.82, 2.24) is 19.9 Å². The van der Waals surface area contributed by atoms with Gasteiger partial charge in [-0.15, -0.1) is 0 Å². The zero-order chi connectivity index (χ0) is 28.3. The third kappa shape index (κ3) is 6.05. The standard InChI is InChI=1S/C22H19Cl2N9O6/c23-11-1-2-12(13(24)7-11)19-15(32-17(34)9-31(22(36)37)10-18(32)35)8-28-21(30-19)27-6-5-26-16-4-3-14(33(38)39)20(25)29-16/h1-4,7-8H,5-6,9-10H2,(H,36,37)(H3,25,26,29)(H,27,28,30). The van der Waals surface area contributed by atoms with Crippen LogP contribution >= 0.6 is 23.2 Å². The van der Waals surface area contributed by atoms with E-state index >= 15 is 0 Å². The van der Waals surface area contributed by atoms with Crippen LogP contribution in [0.2, 0.25) is 10.0 Å². The van der Waals surface area contributed by atoms with Gasteiger partial charge in [-0.3, -0.25) is 24.6 Å². The second-order valence-electron chi connectivity index (χ2n) is 8.02. The number of rotatable bonds is 8. The van der Waals surface area contributed by atoms with Crippen molar-refractivity contribution < 1.29 is 24.4 Å². The molecule has 4 rings (SSSR count). The van der Waals surface area contributed by atoms with E-state index in [2.05, 4.69) is 25.6 Å². The number of nitrogen functional groups attached to an aromatic ring is 1. The first-order valence-corrected chi connectivity index (χ1v) is 11.9. The van der Waals surface area contributed by atoms with Gasteiger partial charge in [-0.1, -0.05) is 23.2 Å². The molecule has 0 radical (unpaired) electrons. The van der Waals surface area contributed by atoms with E-state index in [0.29, 0.717) is 27.8 Å². The predicted molar refractivity (Wildman–Crippen MR) is 142 cm³/mol. The number of nitrogens with two attached hydrogens (primary N) is 1. The Balaban J connectivity index is 1.56. The van der Waals surface area contributed by atoms with Crippen LogP contribution < -0.4 is 21.3 Å². The number of nitrogens with zero attached hydrogens (tertiary/aromatic N) is 6. The molecule has 3 amide bonds. The van der Waals surface area contributed by atoms with Crippen LogP contribution in [-0.2, 0) is 9.59 Å². The summed E-state index contributed by atoms with van der Waals surface area (Å²) < 4.78 is 0.